The minimum atomic E-state index is -0.669. The summed E-state index contributed by atoms with van der Waals surface area (Å²) in [6.07, 6.45) is 2.83. The van der Waals surface area contributed by atoms with Gasteiger partial charge >= 0.3 is 0 Å². The van der Waals surface area contributed by atoms with Gasteiger partial charge in [-0.15, -0.1) is 0 Å². The van der Waals surface area contributed by atoms with Gasteiger partial charge in [0, 0.05) is 11.5 Å². The van der Waals surface area contributed by atoms with Gasteiger partial charge in [0.2, 0.25) is 0 Å². The van der Waals surface area contributed by atoms with Gasteiger partial charge in [-0.05, 0) is 49.8 Å². The molecule has 2 rings (SSSR count). The molecule has 0 amide bonds. The highest BCUT2D eigenvalue weighted by atomic mass is 19.1. The molecule has 0 bridgehead atoms. The van der Waals surface area contributed by atoms with Crippen LogP contribution in [0.5, 0.6) is 11.5 Å². The molecule has 0 heterocycles. The highest BCUT2D eigenvalue weighted by molar-refractivity contribution is 5.53. The molecule has 1 aromatic rings. The van der Waals surface area contributed by atoms with E-state index in [1.165, 1.54) is 6.07 Å². The number of halogens is 1. The predicted octanol–water partition coefficient (Wildman–Crippen LogP) is 4.18. The van der Waals surface area contributed by atoms with Gasteiger partial charge in [-0.1, -0.05) is 31.6 Å². The van der Waals surface area contributed by atoms with Crippen LogP contribution in [0.25, 0.3) is 0 Å². The van der Waals surface area contributed by atoms with Crippen LogP contribution in [-0.4, -0.2) is 21.4 Å². The molecule has 3 N–H and O–H groups in total. The average Bonchev–Trinajstić information content (AvgIpc) is 2.47. The molecular formula is C19H25FO3. The van der Waals surface area contributed by atoms with E-state index in [0.717, 1.165) is 17.6 Å². The normalized spacial score (nSPS) is 24.4. The maximum atomic E-state index is 14.4. The summed E-state index contributed by atoms with van der Waals surface area (Å²) >= 11 is 0. The topological polar surface area (TPSA) is 60.7 Å². The Morgan fingerprint density at radius 2 is 2.04 bits per heavy atom. The first kappa shape index (κ1) is 17.5. The highest BCUT2D eigenvalue weighted by Gasteiger charge is 2.34. The number of aromatic hydroxyl groups is 2. The number of rotatable bonds is 4. The molecule has 1 aromatic carbocycles. The van der Waals surface area contributed by atoms with Crippen LogP contribution in [0.3, 0.4) is 0 Å². The summed E-state index contributed by atoms with van der Waals surface area (Å²) in [6, 6.07) is 1.40. The Balaban J connectivity index is 2.59. The summed E-state index contributed by atoms with van der Waals surface area (Å²) in [7, 11) is 0. The molecule has 0 aromatic heterocycles. The molecule has 0 aliphatic heterocycles. The van der Waals surface area contributed by atoms with Gasteiger partial charge in [-0.25, -0.2) is 4.39 Å². The Labute approximate surface area is 136 Å². The van der Waals surface area contributed by atoms with Gasteiger partial charge in [0.25, 0.3) is 0 Å². The molecule has 3 nitrogen and oxygen atoms in total. The van der Waals surface area contributed by atoms with Crippen molar-refractivity contribution in [1.29, 1.82) is 0 Å². The molecule has 1 aliphatic rings. The van der Waals surface area contributed by atoms with Crippen molar-refractivity contribution in [3.63, 3.8) is 0 Å². The van der Waals surface area contributed by atoms with E-state index < -0.39 is 23.6 Å². The fraction of sp³-hybridized carbons (Fsp3) is 0.474. The minimum absolute atomic E-state index is 0.107. The molecule has 0 fully saturated rings. The Morgan fingerprint density at radius 1 is 1.39 bits per heavy atom. The molecule has 4 heteroatoms. The van der Waals surface area contributed by atoms with Gasteiger partial charge in [-0.2, -0.15) is 0 Å². The zero-order valence-electron chi connectivity index (χ0n) is 13.9. The van der Waals surface area contributed by atoms with E-state index in [2.05, 4.69) is 6.58 Å². The monoisotopic (exact) mass is 320 g/mol. The van der Waals surface area contributed by atoms with E-state index in [9.17, 15) is 19.7 Å². The predicted molar refractivity (Wildman–Crippen MR) is 89.2 cm³/mol. The van der Waals surface area contributed by atoms with Crippen molar-refractivity contribution in [2.24, 2.45) is 5.92 Å². The number of phenolic OH excluding ortho intramolecular Hbond substituents is 2. The molecule has 0 radical (unpaired) electrons. The average molecular weight is 320 g/mol. The maximum Gasteiger partial charge on any atom is 0.168 e. The number of benzene rings is 1. The summed E-state index contributed by atoms with van der Waals surface area (Å²) in [4.78, 5) is 0. The SMILES string of the molecule is C=C(C)[C@@H]1C[C@H](O)C(C)=C[C@H]1c1c(O)cc(CCC)c(F)c1O. The van der Waals surface area contributed by atoms with Crippen molar-refractivity contribution >= 4 is 0 Å². The second-order valence-electron chi connectivity index (χ2n) is 6.52. The molecule has 126 valence electrons. The van der Waals surface area contributed by atoms with Gasteiger partial charge in [0.15, 0.2) is 11.6 Å². The largest absolute Gasteiger partial charge is 0.507 e. The van der Waals surface area contributed by atoms with Crippen molar-refractivity contribution in [2.75, 3.05) is 0 Å². The van der Waals surface area contributed by atoms with E-state index in [4.69, 9.17) is 0 Å². The van der Waals surface area contributed by atoms with E-state index in [0.29, 0.717) is 18.4 Å². The van der Waals surface area contributed by atoms with Crippen molar-refractivity contribution in [1.82, 2.24) is 0 Å². The molecule has 0 saturated heterocycles. The number of hydrogen-bond acceptors (Lipinski definition) is 3. The highest BCUT2D eigenvalue weighted by Crippen LogP contribution is 2.47. The lowest BCUT2D eigenvalue weighted by Crippen LogP contribution is -2.26. The van der Waals surface area contributed by atoms with Gasteiger partial charge in [-0.3, -0.25) is 0 Å². The number of aliphatic hydroxyl groups is 1. The van der Waals surface area contributed by atoms with Gasteiger partial charge in [0.1, 0.15) is 5.75 Å². The first-order valence-corrected chi connectivity index (χ1v) is 8.02. The van der Waals surface area contributed by atoms with E-state index in [1.807, 2.05) is 13.8 Å². The lowest BCUT2D eigenvalue weighted by molar-refractivity contribution is 0.168. The number of hydrogen-bond donors (Lipinski definition) is 3. The van der Waals surface area contributed by atoms with E-state index >= 15 is 0 Å². The Kier molecular flexibility index (Phi) is 5.15. The molecule has 1 aliphatic carbocycles. The van der Waals surface area contributed by atoms with Crippen LogP contribution in [0.15, 0.2) is 29.9 Å². The van der Waals surface area contributed by atoms with Crippen LogP contribution in [-0.2, 0) is 6.42 Å². The lowest BCUT2D eigenvalue weighted by atomic mass is 9.72. The number of aryl methyl sites for hydroxylation is 1. The third-order valence-electron chi connectivity index (χ3n) is 4.70. The van der Waals surface area contributed by atoms with Crippen LogP contribution in [0, 0.1) is 11.7 Å². The van der Waals surface area contributed by atoms with Gasteiger partial charge in [0.05, 0.1) is 6.10 Å². The molecule has 3 atom stereocenters. The zero-order chi connectivity index (χ0) is 17.3. The first-order chi connectivity index (χ1) is 10.8. The fourth-order valence-corrected chi connectivity index (χ4v) is 3.35. The van der Waals surface area contributed by atoms with E-state index in [-0.39, 0.29) is 17.2 Å². The standard InChI is InChI=1S/C19H25FO3/c1-5-6-12-8-16(22)17(19(23)18(12)20)14-7-11(4)15(21)9-13(14)10(2)3/h7-8,13-15,21-23H,2,5-6,9H2,1,3-4H3/t13-,14+,15-/m0/s1. The third-order valence-corrected chi connectivity index (χ3v) is 4.70. The fourth-order valence-electron chi connectivity index (χ4n) is 3.35. The Bertz CT molecular complexity index is 649. The molecule has 0 saturated carbocycles. The number of aliphatic hydroxyl groups excluding tert-OH is 1. The van der Waals surface area contributed by atoms with E-state index in [1.54, 1.807) is 13.0 Å². The molecule has 0 spiro atoms. The summed E-state index contributed by atoms with van der Waals surface area (Å²) < 4.78 is 14.4. The first-order valence-electron chi connectivity index (χ1n) is 8.02. The summed E-state index contributed by atoms with van der Waals surface area (Å²) in [6.45, 7) is 9.49. The Morgan fingerprint density at radius 3 is 2.61 bits per heavy atom. The van der Waals surface area contributed by atoms with Crippen LogP contribution >= 0.6 is 0 Å². The number of phenols is 2. The van der Waals surface area contributed by atoms with Crippen LogP contribution in [0.1, 0.15) is 50.7 Å². The third kappa shape index (κ3) is 3.27. The zero-order valence-corrected chi connectivity index (χ0v) is 13.9. The molecule has 23 heavy (non-hydrogen) atoms. The maximum absolute atomic E-state index is 14.4. The minimum Gasteiger partial charge on any atom is -0.507 e. The second kappa shape index (κ2) is 6.75. The van der Waals surface area contributed by atoms with Crippen LogP contribution < -0.4 is 0 Å². The van der Waals surface area contributed by atoms with Crippen molar-refractivity contribution in [3.05, 3.63) is 46.8 Å². The quantitative estimate of drug-likeness (QED) is 0.730. The van der Waals surface area contributed by atoms with Crippen molar-refractivity contribution in [2.45, 2.75) is 52.1 Å². The Hall–Kier alpha value is -1.81. The molecule has 0 unspecified atom stereocenters. The van der Waals surface area contributed by atoms with Crippen LogP contribution in [0.2, 0.25) is 0 Å². The van der Waals surface area contributed by atoms with Crippen molar-refractivity contribution < 1.29 is 19.7 Å². The van der Waals surface area contributed by atoms with Crippen LogP contribution in [0.4, 0.5) is 4.39 Å². The summed E-state index contributed by atoms with van der Waals surface area (Å²) in [5.74, 6) is -1.84. The lowest BCUT2D eigenvalue weighted by Gasteiger charge is -2.34. The second-order valence-corrected chi connectivity index (χ2v) is 6.52. The van der Waals surface area contributed by atoms with Gasteiger partial charge < -0.3 is 15.3 Å². The summed E-state index contributed by atoms with van der Waals surface area (Å²) in [5, 5.41) is 30.8. The molecular weight excluding hydrogens is 295 g/mol. The van der Waals surface area contributed by atoms with Crippen molar-refractivity contribution in [3.8, 4) is 11.5 Å². The summed E-state index contributed by atoms with van der Waals surface area (Å²) in [5.41, 5.74) is 2.08. The smallest absolute Gasteiger partial charge is 0.168 e. The number of allylic oxidation sites excluding steroid dienone is 2.